The van der Waals surface area contributed by atoms with Crippen molar-refractivity contribution in [3.63, 3.8) is 0 Å². The van der Waals surface area contributed by atoms with Gasteiger partial charge in [-0.1, -0.05) is 19.3 Å². The summed E-state index contributed by atoms with van der Waals surface area (Å²) < 4.78 is 2.06. The van der Waals surface area contributed by atoms with Crippen LogP contribution in [0.4, 0.5) is 0 Å². The summed E-state index contributed by atoms with van der Waals surface area (Å²) in [5, 5.41) is 15.2. The van der Waals surface area contributed by atoms with Crippen LogP contribution in [0.25, 0.3) is 0 Å². The second-order valence-electron chi connectivity index (χ2n) is 6.79. The van der Waals surface area contributed by atoms with Crippen LogP contribution in [-0.2, 0) is 6.54 Å². The molecule has 1 atom stereocenters. The molecule has 0 unspecified atom stereocenters. The summed E-state index contributed by atoms with van der Waals surface area (Å²) in [6.45, 7) is 5.04. The maximum atomic E-state index is 10.8. The second-order valence-corrected chi connectivity index (χ2v) is 6.79. The maximum absolute atomic E-state index is 10.8. The molecular weight excluding hydrogens is 250 g/mol. The topological polar surface area (TPSA) is 41.3 Å². The van der Waals surface area contributed by atoms with Gasteiger partial charge in [0.05, 0.1) is 18.3 Å². The van der Waals surface area contributed by atoms with Gasteiger partial charge in [0.2, 0.25) is 0 Å². The van der Waals surface area contributed by atoms with Gasteiger partial charge in [-0.25, -0.2) is 0 Å². The molecule has 2 aliphatic rings. The van der Waals surface area contributed by atoms with Crippen LogP contribution in [0.2, 0.25) is 0 Å². The molecule has 2 fully saturated rings. The Morgan fingerprint density at radius 2 is 2.10 bits per heavy atom. The van der Waals surface area contributed by atoms with Crippen LogP contribution in [0.3, 0.4) is 0 Å². The fourth-order valence-corrected chi connectivity index (χ4v) is 3.84. The Morgan fingerprint density at radius 3 is 2.80 bits per heavy atom. The molecule has 112 valence electrons. The van der Waals surface area contributed by atoms with Gasteiger partial charge < -0.3 is 5.11 Å². The van der Waals surface area contributed by atoms with Crippen LogP contribution in [0.1, 0.15) is 50.5 Å². The Bertz CT molecular complexity index is 437. The first-order chi connectivity index (χ1) is 9.65. The van der Waals surface area contributed by atoms with E-state index in [1.165, 1.54) is 37.7 Å². The van der Waals surface area contributed by atoms with Crippen LogP contribution in [-0.4, -0.2) is 44.5 Å². The summed E-state index contributed by atoms with van der Waals surface area (Å²) in [7, 11) is 0. The Kier molecular flexibility index (Phi) is 4.13. The largest absolute Gasteiger partial charge is 0.389 e. The third kappa shape index (κ3) is 3.23. The molecule has 3 rings (SSSR count). The molecule has 4 heteroatoms. The lowest BCUT2D eigenvalue weighted by Crippen LogP contribution is -2.47. The fraction of sp³-hybridized carbons (Fsp3) is 0.812. The molecular formula is C16H27N3O. The van der Waals surface area contributed by atoms with Gasteiger partial charge in [0.25, 0.3) is 0 Å². The number of aliphatic hydroxyl groups is 1. The molecule has 1 aliphatic heterocycles. The fourth-order valence-electron chi connectivity index (χ4n) is 3.84. The van der Waals surface area contributed by atoms with Crippen molar-refractivity contribution >= 4 is 0 Å². The highest BCUT2D eigenvalue weighted by Crippen LogP contribution is 2.31. The van der Waals surface area contributed by atoms with E-state index in [0.717, 1.165) is 32.5 Å². The Labute approximate surface area is 121 Å². The molecule has 0 radical (unpaired) electrons. The highest BCUT2D eigenvalue weighted by Gasteiger charge is 2.35. The summed E-state index contributed by atoms with van der Waals surface area (Å²) in [5.41, 5.74) is 0.793. The molecule has 0 spiro atoms. The first-order valence-corrected chi connectivity index (χ1v) is 8.10. The van der Waals surface area contributed by atoms with E-state index in [1.54, 1.807) is 0 Å². The van der Waals surface area contributed by atoms with Crippen molar-refractivity contribution < 1.29 is 5.11 Å². The van der Waals surface area contributed by atoms with Gasteiger partial charge in [0.15, 0.2) is 0 Å². The molecule has 0 amide bonds. The minimum atomic E-state index is -0.430. The Morgan fingerprint density at radius 1 is 1.30 bits per heavy atom. The zero-order valence-electron chi connectivity index (χ0n) is 12.6. The zero-order chi connectivity index (χ0) is 14.0. The molecule has 1 N–H and O–H groups in total. The van der Waals surface area contributed by atoms with Gasteiger partial charge in [0, 0.05) is 18.8 Å². The Balaban J connectivity index is 1.60. The lowest BCUT2D eigenvalue weighted by atomic mass is 9.84. The zero-order valence-corrected chi connectivity index (χ0v) is 12.6. The number of hydrogen-bond acceptors (Lipinski definition) is 3. The third-order valence-electron chi connectivity index (χ3n) is 4.94. The number of β-amino-alcohol motifs (C(OH)–C–C–N with tert-alkyl or cyclic N) is 1. The van der Waals surface area contributed by atoms with Crippen LogP contribution >= 0.6 is 0 Å². The number of aryl methyl sites for hydroxylation is 1. The van der Waals surface area contributed by atoms with E-state index in [0.29, 0.717) is 6.04 Å². The number of likely N-dealkylation sites (tertiary alicyclic amines) is 1. The maximum Gasteiger partial charge on any atom is 0.0774 e. The summed E-state index contributed by atoms with van der Waals surface area (Å²) in [6, 6.07) is 0.542. The van der Waals surface area contributed by atoms with Crippen molar-refractivity contribution in [1.82, 2.24) is 14.7 Å². The standard InChI is InChI=1S/C16H27N3O/c1-14-10-17-19(11-14)12-15-6-5-9-18(15)13-16(20)7-3-2-4-8-16/h10-11,15,20H,2-9,12-13H2,1H3/t15-/m0/s1. The van der Waals surface area contributed by atoms with E-state index in [4.69, 9.17) is 0 Å². The summed E-state index contributed by atoms with van der Waals surface area (Å²) in [5.74, 6) is 0. The van der Waals surface area contributed by atoms with Crippen molar-refractivity contribution in [2.75, 3.05) is 13.1 Å². The predicted molar refractivity (Wildman–Crippen MR) is 79.6 cm³/mol. The highest BCUT2D eigenvalue weighted by molar-refractivity contribution is 5.00. The smallest absolute Gasteiger partial charge is 0.0774 e. The van der Waals surface area contributed by atoms with Gasteiger partial charge in [-0.05, 0) is 44.7 Å². The van der Waals surface area contributed by atoms with E-state index in [9.17, 15) is 5.11 Å². The third-order valence-corrected chi connectivity index (χ3v) is 4.94. The first kappa shape index (κ1) is 14.1. The van der Waals surface area contributed by atoms with Crippen LogP contribution < -0.4 is 0 Å². The highest BCUT2D eigenvalue weighted by atomic mass is 16.3. The predicted octanol–water partition coefficient (Wildman–Crippen LogP) is 2.35. The Hall–Kier alpha value is -0.870. The van der Waals surface area contributed by atoms with Gasteiger partial charge in [-0.3, -0.25) is 9.58 Å². The molecule has 0 bridgehead atoms. The van der Waals surface area contributed by atoms with E-state index in [2.05, 4.69) is 27.8 Å². The van der Waals surface area contributed by atoms with E-state index >= 15 is 0 Å². The van der Waals surface area contributed by atoms with Crippen LogP contribution in [0.5, 0.6) is 0 Å². The minimum absolute atomic E-state index is 0.430. The van der Waals surface area contributed by atoms with Crippen molar-refractivity contribution in [2.45, 2.75) is 70.1 Å². The van der Waals surface area contributed by atoms with Crippen molar-refractivity contribution in [3.8, 4) is 0 Å². The van der Waals surface area contributed by atoms with E-state index in [1.807, 2.05) is 6.20 Å². The molecule has 1 aliphatic carbocycles. The molecule has 2 heterocycles. The van der Waals surface area contributed by atoms with E-state index < -0.39 is 5.60 Å². The first-order valence-electron chi connectivity index (χ1n) is 8.10. The number of hydrogen-bond donors (Lipinski definition) is 1. The number of aromatic nitrogens is 2. The molecule has 1 saturated heterocycles. The molecule has 1 aromatic heterocycles. The molecule has 4 nitrogen and oxygen atoms in total. The average molecular weight is 277 g/mol. The molecule has 1 aromatic rings. The van der Waals surface area contributed by atoms with Gasteiger partial charge in [-0.2, -0.15) is 5.10 Å². The minimum Gasteiger partial charge on any atom is -0.389 e. The second kappa shape index (κ2) is 5.86. The van der Waals surface area contributed by atoms with Crippen molar-refractivity contribution in [2.24, 2.45) is 0 Å². The van der Waals surface area contributed by atoms with Crippen LogP contribution in [0.15, 0.2) is 12.4 Å². The lowest BCUT2D eigenvalue weighted by molar-refractivity contribution is -0.0304. The number of nitrogens with zero attached hydrogens (tertiary/aromatic N) is 3. The molecule has 20 heavy (non-hydrogen) atoms. The monoisotopic (exact) mass is 277 g/mol. The summed E-state index contributed by atoms with van der Waals surface area (Å²) >= 11 is 0. The summed E-state index contributed by atoms with van der Waals surface area (Å²) in [6.07, 6.45) is 12.2. The summed E-state index contributed by atoms with van der Waals surface area (Å²) in [4.78, 5) is 2.50. The lowest BCUT2D eigenvalue weighted by Gasteiger charge is -2.37. The normalized spacial score (nSPS) is 27.0. The van der Waals surface area contributed by atoms with Crippen molar-refractivity contribution in [1.29, 1.82) is 0 Å². The average Bonchev–Trinajstić information content (AvgIpc) is 3.01. The van der Waals surface area contributed by atoms with Crippen molar-refractivity contribution in [3.05, 3.63) is 18.0 Å². The van der Waals surface area contributed by atoms with Gasteiger partial charge in [0.1, 0.15) is 0 Å². The van der Waals surface area contributed by atoms with E-state index in [-0.39, 0.29) is 0 Å². The quantitative estimate of drug-likeness (QED) is 0.918. The van der Waals surface area contributed by atoms with Crippen LogP contribution in [0, 0.1) is 6.92 Å². The van der Waals surface area contributed by atoms with Gasteiger partial charge in [-0.15, -0.1) is 0 Å². The SMILES string of the molecule is Cc1cnn(C[C@@H]2CCCN2CC2(O)CCCCC2)c1. The molecule has 1 saturated carbocycles. The molecule has 0 aromatic carbocycles. The number of rotatable bonds is 4. The van der Waals surface area contributed by atoms with Gasteiger partial charge >= 0.3 is 0 Å².